The average molecular weight is 386 g/mol. The van der Waals surface area contributed by atoms with Gasteiger partial charge in [-0.15, -0.1) is 0 Å². The molecule has 0 N–H and O–H groups in total. The largest absolute Gasteiger partial charge is 0.378 e. The summed E-state index contributed by atoms with van der Waals surface area (Å²) in [6.45, 7) is 12.3. The van der Waals surface area contributed by atoms with E-state index in [0.29, 0.717) is 6.42 Å². The minimum atomic E-state index is 0.0785. The van der Waals surface area contributed by atoms with Crippen molar-refractivity contribution in [2.75, 3.05) is 57.4 Å². The molecule has 0 saturated carbocycles. The normalized spacial score (nSPS) is 23.6. The van der Waals surface area contributed by atoms with Crippen LogP contribution in [0.25, 0.3) is 0 Å². The molecule has 0 unspecified atom stereocenters. The quantitative estimate of drug-likeness (QED) is 0.782. The fraction of sp³-hybridized carbons (Fsp3) is 0.667. The van der Waals surface area contributed by atoms with E-state index in [9.17, 15) is 4.79 Å². The van der Waals surface area contributed by atoms with Gasteiger partial charge in [0.15, 0.2) is 5.78 Å². The lowest BCUT2D eigenvalue weighted by atomic mass is 9.78. The number of piperazine rings is 1. The Labute approximate surface area is 167 Å². The van der Waals surface area contributed by atoms with Gasteiger partial charge < -0.3 is 14.5 Å². The molecule has 3 heterocycles. The predicted molar refractivity (Wildman–Crippen MR) is 108 cm³/mol. The van der Waals surface area contributed by atoms with Crippen molar-refractivity contribution in [3.63, 3.8) is 0 Å². The van der Waals surface area contributed by atoms with Gasteiger partial charge >= 0.3 is 0 Å². The van der Waals surface area contributed by atoms with Crippen LogP contribution in [0.15, 0.2) is 24.0 Å². The number of morpholine rings is 1. The fourth-order valence-electron chi connectivity index (χ4n) is 4.33. The Morgan fingerprint density at radius 3 is 2.50 bits per heavy atom. The lowest BCUT2D eigenvalue weighted by Crippen LogP contribution is -2.46. The Bertz CT molecular complexity index is 734. The molecule has 0 aromatic carbocycles. The van der Waals surface area contributed by atoms with Crippen molar-refractivity contribution < 1.29 is 9.53 Å². The van der Waals surface area contributed by atoms with E-state index < -0.39 is 0 Å². The number of anilines is 1. The van der Waals surface area contributed by atoms with E-state index >= 15 is 0 Å². The molecule has 4 rings (SSSR count). The molecule has 2 aliphatic heterocycles. The molecule has 0 radical (unpaired) electrons. The van der Waals surface area contributed by atoms with Crippen LogP contribution in [-0.4, -0.2) is 78.0 Å². The van der Waals surface area contributed by atoms with Gasteiger partial charge in [0.2, 0.25) is 5.95 Å². The van der Waals surface area contributed by atoms with Crippen molar-refractivity contribution in [2.45, 2.75) is 33.2 Å². The summed E-state index contributed by atoms with van der Waals surface area (Å²) in [5.74, 6) is 1.08. The molecule has 2 fully saturated rings. The van der Waals surface area contributed by atoms with Crippen molar-refractivity contribution in [3.05, 3.63) is 29.7 Å². The molecular formula is C21H31N5O2. The maximum absolute atomic E-state index is 12.1. The second kappa shape index (κ2) is 8.17. The standard InChI is InChI=1S/C21H31N5O2/c1-21(2)14-18(13-19(27)15-21)25-7-5-24(6-8-25)16-17-3-4-22-20(23-17)26-9-11-28-12-10-26/h3-4,13H,5-12,14-16H2,1-2H3. The van der Waals surface area contributed by atoms with E-state index in [1.807, 2.05) is 18.3 Å². The van der Waals surface area contributed by atoms with Crippen molar-refractivity contribution >= 4 is 11.7 Å². The summed E-state index contributed by atoms with van der Waals surface area (Å²) >= 11 is 0. The average Bonchev–Trinajstić information content (AvgIpc) is 2.68. The summed E-state index contributed by atoms with van der Waals surface area (Å²) in [4.78, 5) is 28.3. The SMILES string of the molecule is CC1(C)CC(=O)C=C(N2CCN(Cc3ccnc(N4CCOCC4)n3)CC2)C1. The first-order valence-electron chi connectivity index (χ1n) is 10.3. The number of hydrogen-bond donors (Lipinski definition) is 0. The van der Waals surface area contributed by atoms with Gasteiger partial charge in [-0.05, 0) is 17.9 Å². The highest BCUT2D eigenvalue weighted by atomic mass is 16.5. The first-order valence-corrected chi connectivity index (χ1v) is 10.3. The number of ether oxygens (including phenoxy) is 1. The predicted octanol–water partition coefficient (Wildman–Crippen LogP) is 1.70. The number of carbonyl (C=O) groups excluding carboxylic acids is 1. The second-order valence-electron chi connectivity index (χ2n) is 8.83. The first-order chi connectivity index (χ1) is 13.5. The van der Waals surface area contributed by atoms with Crippen LogP contribution >= 0.6 is 0 Å². The zero-order chi connectivity index (χ0) is 19.6. The monoisotopic (exact) mass is 385 g/mol. The Morgan fingerprint density at radius 2 is 1.79 bits per heavy atom. The molecule has 7 nitrogen and oxygen atoms in total. The van der Waals surface area contributed by atoms with E-state index in [-0.39, 0.29) is 11.2 Å². The molecule has 0 bridgehead atoms. The summed E-state index contributed by atoms with van der Waals surface area (Å²) in [5.41, 5.74) is 2.37. The van der Waals surface area contributed by atoms with Crippen LogP contribution in [0, 0.1) is 5.41 Å². The molecule has 2 saturated heterocycles. The highest BCUT2D eigenvalue weighted by Gasteiger charge is 2.31. The Morgan fingerprint density at radius 1 is 1.04 bits per heavy atom. The molecule has 0 amide bonds. The van der Waals surface area contributed by atoms with Crippen molar-refractivity contribution in [1.82, 2.24) is 19.8 Å². The van der Waals surface area contributed by atoms with Crippen LogP contribution in [0.2, 0.25) is 0 Å². The molecule has 152 valence electrons. The van der Waals surface area contributed by atoms with Gasteiger partial charge in [0.25, 0.3) is 0 Å². The molecule has 0 spiro atoms. The Kier molecular flexibility index (Phi) is 5.64. The summed E-state index contributed by atoms with van der Waals surface area (Å²) in [6.07, 6.45) is 5.40. The lowest BCUT2D eigenvalue weighted by molar-refractivity contribution is -0.117. The van der Waals surface area contributed by atoms with Gasteiger partial charge in [-0.2, -0.15) is 0 Å². The fourth-order valence-corrected chi connectivity index (χ4v) is 4.33. The van der Waals surface area contributed by atoms with Gasteiger partial charge in [0.05, 0.1) is 18.9 Å². The molecule has 3 aliphatic rings. The maximum Gasteiger partial charge on any atom is 0.225 e. The van der Waals surface area contributed by atoms with Crippen molar-refractivity contribution in [3.8, 4) is 0 Å². The van der Waals surface area contributed by atoms with E-state index in [2.05, 4.69) is 33.5 Å². The van der Waals surface area contributed by atoms with Gasteiger partial charge in [-0.25, -0.2) is 9.97 Å². The van der Waals surface area contributed by atoms with Gasteiger partial charge in [-0.3, -0.25) is 9.69 Å². The zero-order valence-corrected chi connectivity index (χ0v) is 17.1. The second-order valence-corrected chi connectivity index (χ2v) is 8.83. The summed E-state index contributed by atoms with van der Waals surface area (Å²) in [6, 6.07) is 2.02. The van der Waals surface area contributed by atoms with Crippen LogP contribution in [-0.2, 0) is 16.1 Å². The summed E-state index contributed by atoms with van der Waals surface area (Å²) in [7, 11) is 0. The molecule has 1 aromatic heterocycles. The third kappa shape index (κ3) is 4.70. The maximum atomic E-state index is 12.1. The number of ketones is 1. The number of allylic oxidation sites excluding steroid dienone is 2. The molecule has 7 heteroatoms. The van der Waals surface area contributed by atoms with E-state index in [4.69, 9.17) is 9.72 Å². The molecule has 0 atom stereocenters. The van der Waals surface area contributed by atoms with E-state index in [1.54, 1.807) is 0 Å². The van der Waals surface area contributed by atoms with Gasteiger partial charge in [-0.1, -0.05) is 13.8 Å². The van der Waals surface area contributed by atoms with Crippen molar-refractivity contribution in [2.24, 2.45) is 5.41 Å². The van der Waals surface area contributed by atoms with Gasteiger partial charge in [0.1, 0.15) is 0 Å². The molecule has 1 aliphatic carbocycles. The third-order valence-corrected chi connectivity index (χ3v) is 5.80. The molecule has 1 aromatic rings. The highest BCUT2D eigenvalue weighted by Crippen LogP contribution is 2.35. The molecular weight excluding hydrogens is 354 g/mol. The van der Waals surface area contributed by atoms with Crippen LogP contribution in [0.4, 0.5) is 5.95 Å². The van der Waals surface area contributed by atoms with Gasteiger partial charge in [0, 0.05) is 70.2 Å². The highest BCUT2D eigenvalue weighted by molar-refractivity contribution is 5.91. The minimum absolute atomic E-state index is 0.0785. The van der Waals surface area contributed by atoms with Crippen LogP contribution < -0.4 is 4.90 Å². The minimum Gasteiger partial charge on any atom is -0.378 e. The lowest BCUT2D eigenvalue weighted by Gasteiger charge is -2.40. The van der Waals surface area contributed by atoms with Crippen LogP contribution in [0.5, 0.6) is 0 Å². The summed E-state index contributed by atoms with van der Waals surface area (Å²) < 4.78 is 5.42. The number of carbonyl (C=O) groups is 1. The van der Waals surface area contributed by atoms with Crippen molar-refractivity contribution in [1.29, 1.82) is 0 Å². The molecule has 28 heavy (non-hydrogen) atoms. The zero-order valence-electron chi connectivity index (χ0n) is 17.1. The number of nitrogens with zero attached hydrogens (tertiary/aromatic N) is 5. The topological polar surface area (TPSA) is 61.8 Å². The van der Waals surface area contributed by atoms with Crippen LogP contribution in [0.1, 0.15) is 32.4 Å². The third-order valence-electron chi connectivity index (χ3n) is 5.80. The first kappa shape index (κ1) is 19.3. The number of rotatable bonds is 4. The number of aromatic nitrogens is 2. The summed E-state index contributed by atoms with van der Waals surface area (Å²) in [5, 5.41) is 0. The van der Waals surface area contributed by atoms with E-state index in [1.165, 1.54) is 5.70 Å². The Balaban J connectivity index is 1.33. The number of hydrogen-bond acceptors (Lipinski definition) is 7. The van der Waals surface area contributed by atoms with E-state index in [0.717, 1.165) is 77.1 Å². The smallest absolute Gasteiger partial charge is 0.225 e. The Hall–Kier alpha value is -1.99. The van der Waals surface area contributed by atoms with Crippen LogP contribution in [0.3, 0.4) is 0 Å².